The Balaban J connectivity index is 0.000000242. The number of nitro benzene ring substituents is 4. The van der Waals surface area contributed by atoms with Crippen molar-refractivity contribution >= 4 is 22.7 Å². The third-order valence-corrected chi connectivity index (χ3v) is 5.58. The van der Waals surface area contributed by atoms with Gasteiger partial charge in [0.25, 0.3) is 17.1 Å². The summed E-state index contributed by atoms with van der Waals surface area (Å²) in [6, 6.07) is 7.86. The maximum Gasteiger partial charge on any atom is 0.324 e. The van der Waals surface area contributed by atoms with Gasteiger partial charge in [0.15, 0.2) is 0 Å². The molecule has 0 spiro atoms. The highest BCUT2D eigenvalue weighted by molar-refractivity contribution is 5.64. The number of rotatable bonds is 5. The molecule has 34 heavy (non-hydrogen) atoms. The molecule has 0 amide bonds. The minimum absolute atomic E-state index is 0.0659. The van der Waals surface area contributed by atoms with E-state index < -0.39 is 37.6 Å². The molecule has 0 bridgehead atoms. The Morgan fingerprint density at radius 2 is 1.26 bits per heavy atom. The zero-order chi connectivity index (χ0) is 25.8. The zero-order valence-electron chi connectivity index (χ0n) is 18.5. The quantitative estimate of drug-likeness (QED) is 0.489. The molecule has 0 radical (unpaired) electrons. The van der Waals surface area contributed by atoms with Crippen molar-refractivity contribution in [3.05, 3.63) is 82.4 Å². The van der Waals surface area contributed by atoms with Gasteiger partial charge in [-0.25, -0.2) is 10.0 Å². The zero-order valence-corrected chi connectivity index (χ0v) is 18.5. The lowest BCUT2D eigenvalue weighted by Crippen LogP contribution is -2.51. The van der Waals surface area contributed by atoms with Gasteiger partial charge in [-0.3, -0.25) is 40.5 Å². The number of aromatic hydroxyl groups is 1. The third kappa shape index (κ3) is 5.76. The molecule has 1 fully saturated rings. The largest absolute Gasteiger partial charge is 0.497 e. The van der Waals surface area contributed by atoms with Gasteiger partial charge >= 0.3 is 11.4 Å². The van der Waals surface area contributed by atoms with Gasteiger partial charge in [0.2, 0.25) is 0 Å². The van der Waals surface area contributed by atoms with E-state index in [1.165, 1.54) is 5.56 Å². The van der Waals surface area contributed by atoms with E-state index in [4.69, 9.17) is 5.11 Å². The van der Waals surface area contributed by atoms with E-state index in [2.05, 4.69) is 31.0 Å². The fourth-order valence-corrected chi connectivity index (χ4v) is 3.48. The Kier molecular flexibility index (Phi) is 7.76. The van der Waals surface area contributed by atoms with E-state index >= 15 is 0 Å². The number of non-ortho nitro benzene ring substituents is 2. The van der Waals surface area contributed by atoms with Crippen molar-refractivity contribution in [2.24, 2.45) is 0 Å². The monoisotopic (exact) mass is 478 g/mol. The first-order chi connectivity index (χ1) is 15.8. The van der Waals surface area contributed by atoms with Crippen LogP contribution in [-0.2, 0) is 5.41 Å². The molecule has 1 aliphatic heterocycles. The smallest absolute Gasteiger partial charge is 0.324 e. The Morgan fingerprint density at radius 1 is 0.794 bits per heavy atom. The minimum atomic E-state index is -1.21. The lowest BCUT2D eigenvalue weighted by Gasteiger charge is -2.44. The van der Waals surface area contributed by atoms with Crippen molar-refractivity contribution in [3.63, 3.8) is 0 Å². The van der Waals surface area contributed by atoms with Gasteiger partial charge in [0.1, 0.15) is 0 Å². The van der Waals surface area contributed by atoms with Crippen LogP contribution in [0.15, 0.2) is 36.4 Å². The van der Waals surface area contributed by atoms with Crippen LogP contribution in [0.25, 0.3) is 0 Å². The maximum absolute atomic E-state index is 10.7. The second-order valence-electron chi connectivity index (χ2n) is 7.92. The molecule has 2 aromatic rings. The SMILES string of the molecule is CN1CCC(C)(c2ccc([N+](=O)[O-])cc2)CN1C.O=[N+]([O-])c1cc([N+](=O)[O-])c(O)c([N+](=O)[O-])c1. The maximum atomic E-state index is 10.7. The van der Waals surface area contributed by atoms with E-state index in [0.29, 0.717) is 12.1 Å². The summed E-state index contributed by atoms with van der Waals surface area (Å²) in [4.78, 5) is 38.1. The number of phenolic OH excluding ortho intramolecular Hbond substituents is 1. The van der Waals surface area contributed by atoms with Crippen LogP contribution < -0.4 is 0 Å². The molecular formula is C19H22N6O9. The predicted molar refractivity (Wildman–Crippen MR) is 118 cm³/mol. The van der Waals surface area contributed by atoms with Crippen molar-refractivity contribution in [1.29, 1.82) is 0 Å². The fourth-order valence-electron chi connectivity index (χ4n) is 3.48. The molecule has 3 rings (SSSR count). The summed E-state index contributed by atoms with van der Waals surface area (Å²) < 4.78 is 0. The first kappa shape index (κ1) is 26.0. The molecule has 1 atom stereocenters. The Bertz CT molecular complexity index is 1090. The molecule has 15 heteroatoms. The second kappa shape index (κ2) is 10.1. The van der Waals surface area contributed by atoms with Gasteiger partial charge in [0.05, 0.1) is 31.8 Å². The van der Waals surface area contributed by atoms with Crippen LogP contribution in [0.5, 0.6) is 5.75 Å². The van der Waals surface area contributed by atoms with Gasteiger partial charge < -0.3 is 5.11 Å². The Hall–Kier alpha value is -4.24. The van der Waals surface area contributed by atoms with Crippen molar-refractivity contribution in [3.8, 4) is 5.75 Å². The summed E-state index contributed by atoms with van der Waals surface area (Å²) in [6.45, 7) is 4.16. The van der Waals surface area contributed by atoms with Gasteiger partial charge in [-0.05, 0) is 12.0 Å². The highest BCUT2D eigenvalue weighted by Gasteiger charge is 2.34. The molecule has 182 valence electrons. The van der Waals surface area contributed by atoms with E-state index in [-0.39, 0.29) is 16.0 Å². The Morgan fingerprint density at radius 3 is 1.65 bits per heavy atom. The van der Waals surface area contributed by atoms with Gasteiger partial charge in [-0.15, -0.1) is 0 Å². The van der Waals surface area contributed by atoms with Crippen LogP contribution in [-0.4, -0.2) is 62.0 Å². The minimum Gasteiger partial charge on any atom is -0.497 e. The number of hydrogen-bond acceptors (Lipinski definition) is 11. The molecule has 1 N–H and O–H groups in total. The molecular weight excluding hydrogens is 456 g/mol. The predicted octanol–water partition coefficient (Wildman–Crippen LogP) is 3.15. The second-order valence-corrected chi connectivity index (χ2v) is 7.92. The summed E-state index contributed by atoms with van der Waals surface area (Å²) in [5.41, 5.74) is -1.61. The number of likely N-dealkylation sites (N-methyl/N-ethyl adjacent to an activating group) is 1. The lowest BCUT2D eigenvalue weighted by atomic mass is 9.78. The molecule has 0 aromatic heterocycles. The number of phenols is 1. The normalized spacial score (nSPS) is 18.4. The average molecular weight is 478 g/mol. The van der Waals surface area contributed by atoms with Crippen LogP contribution in [0.3, 0.4) is 0 Å². The number of nitro groups is 4. The van der Waals surface area contributed by atoms with E-state index in [9.17, 15) is 40.5 Å². The molecule has 2 aromatic carbocycles. The summed E-state index contributed by atoms with van der Waals surface area (Å²) in [5, 5.41) is 55.3. The fraction of sp³-hybridized carbons (Fsp3) is 0.368. The molecule has 1 unspecified atom stereocenters. The lowest BCUT2D eigenvalue weighted by molar-refractivity contribution is -0.404. The third-order valence-electron chi connectivity index (χ3n) is 5.58. The van der Waals surface area contributed by atoms with E-state index in [1.54, 1.807) is 12.1 Å². The molecule has 1 saturated heterocycles. The molecule has 1 heterocycles. The van der Waals surface area contributed by atoms with Crippen molar-refractivity contribution in [2.45, 2.75) is 18.8 Å². The average Bonchev–Trinajstić information content (AvgIpc) is 2.76. The van der Waals surface area contributed by atoms with Gasteiger partial charge in [0, 0.05) is 44.7 Å². The van der Waals surface area contributed by atoms with Crippen molar-refractivity contribution in [2.75, 3.05) is 27.2 Å². The standard InChI is InChI=1S/C13H19N3O2.C6H3N3O7/c1-13(8-9-14(2)15(3)10-13)11-4-6-12(7-5-11)16(17)18;10-6-4(8(13)14)1-3(7(11)12)2-5(6)9(15)16/h4-7H,8-10H2,1-3H3;1-2,10H. The number of nitrogens with zero attached hydrogens (tertiary/aromatic N) is 6. The van der Waals surface area contributed by atoms with E-state index in [0.717, 1.165) is 19.5 Å². The van der Waals surface area contributed by atoms with Crippen LogP contribution in [0.4, 0.5) is 22.7 Å². The summed E-state index contributed by atoms with van der Waals surface area (Å²) in [5.74, 6) is -1.21. The van der Waals surface area contributed by atoms with Crippen LogP contribution in [0, 0.1) is 40.5 Å². The molecule has 1 aliphatic rings. The Labute approximate surface area is 192 Å². The first-order valence-electron chi connectivity index (χ1n) is 9.74. The molecule has 15 nitrogen and oxygen atoms in total. The number of benzene rings is 2. The van der Waals surface area contributed by atoms with Gasteiger partial charge in [-0.1, -0.05) is 19.1 Å². The summed E-state index contributed by atoms with van der Waals surface area (Å²) >= 11 is 0. The summed E-state index contributed by atoms with van der Waals surface area (Å²) in [6.07, 6.45) is 1.06. The van der Waals surface area contributed by atoms with Gasteiger partial charge in [-0.2, -0.15) is 0 Å². The van der Waals surface area contributed by atoms with E-state index in [1.807, 2.05) is 12.1 Å². The molecule has 0 aliphatic carbocycles. The number of hydrogen-bond donors (Lipinski definition) is 1. The number of hydrazine groups is 1. The van der Waals surface area contributed by atoms with Crippen LogP contribution in [0.2, 0.25) is 0 Å². The summed E-state index contributed by atoms with van der Waals surface area (Å²) in [7, 11) is 4.15. The van der Waals surface area contributed by atoms with Crippen molar-refractivity contribution < 1.29 is 24.8 Å². The van der Waals surface area contributed by atoms with Crippen molar-refractivity contribution in [1.82, 2.24) is 10.0 Å². The highest BCUT2D eigenvalue weighted by Crippen LogP contribution is 2.39. The topological polar surface area (TPSA) is 199 Å². The van der Waals surface area contributed by atoms with Crippen LogP contribution in [0.1, 0.15) is 18.9 Å². The van der Waals surface area contributed by atoms with Crippen LogP contribution >= 0.6 is 0 Å². The first-order valence-corrected chi connectivity index (χ1v) is 9.74. The molecule has 0 saturated carbocycles. The highest BCUT2D eigenvalue weighted by atomic mass is 16.6.